The molecule has 1 atom stereocenters. The third-order valence-electron chi connectivity index (χ3n) is 5.09. The van der Waals surface area contributed by atoms with E-state index in [4.69, 9.17) is 9.84 Å². The Hall–Kier alpha value is -2.24. The molecule has 1 fully saturated rings. The maximum Gasteiger partial charge on any atom is 0.317 e. The molecular formula is C18H24N2O4. The van der Waals surface area contributed by atoms with Crippen molar-refractivity contribution in [3.05, 3.63) is 29.3 Å². The minimum atomic E-state index is -0.759. The highest BCUT2D eigenvalue weighted by Gasteiger charge is 2.29. The largest absolute Gasteiger partial charge is 0.497 e. The molecule has 2 amide bonds. The van der Waals surface area contributed by atoms with Crippen molar-refractivity contribution in [1.29, 1.82) is 0 Å². The second-order valence-electron chi connectivity index (χ2n) is 6.56. The van der Waals surface area contributed by atoms with Gasteiger partial charge in [-0.2, -0.15) is 0 Å². The van der Waals surface area contributed by atoms with Gasteiger partial charge in [0.15, 0.2) is 0 Å². The number of benzene rings is 1. The number of fused-ring (bicyclic) bond motifs is 1. The van der Waals surface area contributed by atoms with Crippen LogP contribution in [0.4, 0.5) is 4.79 Å². The summed E-state index contributed by atoms with van der Waals surface area (Å²) in [4.78, 5) is 25.3. The number of nitrogens with zero attached hydrogens (tertiary/aromatic N) is 1. The van der Waals surface area contributed by atoms with Crippen molar-refractivity contribution < 1.29 is 19.4 Å². The van der Waals surface area contributed by atoms with Gasteiger partial charge in [-0.15, -0.1) is 0 Å². The number of carbonyl (C=O) groups excluding carboxylic acids is 1. The van der Waals surface area contributed by atoms with Crippen LogP contribution in [0.2, 0.25) is 0 Å². The Morgan fingerprint density at radius 1 is 1.25 bits per heavy atom. The van der Waals surface area contributed by atoms with Gasteiger partial charge in [0.05, 0.1) is 19.1 Å². The van der Waals surface area contributed by atoms with E-state index in [0.717, 1.165) is 30.6 Å². The molecule has 1 aromatic carbocycles. The SMILES string of the molecule is COc1ccc2c(c1)CCCC2NC(=O)N1CCC(C(=O)O)CC1. The highest BCUT2D eigenvalue weighted by molar-refractivity contribution is 5.76. The summed E-state index contributed by atoms with van der Waals surface area (Å²) in [5, 5.41) is 12.2. The van der Waals surface area contributed by atoms with Gasteiger partial charge in [-0.25, -0.2) is 4.79 Å². The lowest BCUT2D eigenvalue weighted by Crippen LogP contribution is -2.46. The number of hydrogen-bond donors (Lipinski definition) is 2. The Balaban J connectivity index is 1.63. The monoisotopic (exact) mass is 332 g/mol. The number of carbonyl (C=O) groups is 2. The lowest BCUT2D eigenvalue weighted by Gasteiger charge is -2.33. The van der Waals surface area contributed by atoms with Crippen LogP contribution < -0.4 is 10.1 Å². The Labute approximate surface area is 141 Å². The predicted molar refractivity (Wildman–Crippen MR) is 89.1 cm³/mol. The van der Waals surface area contributed by atoms with Crippen LogP contribution in [-0.4, -0.2) is 42.2 Å². The molecule has 1 aliphatic carbocycles. The molecule has 1 aliphatic heterocycles. The molecule has 0 saturated carbocycles. The highest BCUT2D eigenvalue weighted by Crippen LogP contribution is 2.32. The number of piperidine rings is 1. The fourth-order valence-electron chi connectivity index (χ4n) is 3.64. The molecule has 24 heavy (non-hydrogen) atoms. The highest BCUT2D eigenvalue weighted by atomic mass is 16.5. The van der Waals surface area contributed by atoms with Crippen LogP contribution in [0.15, 0.2) is 18.2 Å². The number of aryl methyl sites for hydroxylation is 1. The maximum absolute atomic E-state index is 12.5. The van der Waals surface area contributed by atoms with Gasteiger partial charge >= 0.3 is 12.0 Å². The number of urea groups is 1. The summed E-state index contributed by atoms with van der Waals surface area (Å²) in [6, 6.07) is 5.94. The van der Waals surface area contributed by atoms with E-state index in [1.54, 1.807) is 12.0 Å². The summed E-state index contributed by atoms with van der Waals surface area (Å²) in [5.74, 6) is -0.237. The van der Waals surface area contributed by atoms with E-state index >= 15 is 0 Å². The van der Waals surface area contributed by atoms with Crippen molar-refractivity contribution in [2.45, 2.75) is 38.1 Å². The standard InChI is InChI=1S/C18H24N2O4/c1-24-14-5-6-15-13(11-14)3-2-4-16(15)19-18(23)20-9-7-12(8-10-20)17(21)22/h5-6,11-12,16H,2-4,7-10H2,1H3,(H,19,23)(H,21,22). The molecule has 6 nitrogen and oxygen atoms in total. The molecule has 3 rings (SSSR count). The van der Waals surface area contributed by atoms with Crippen LogP contribution in [-0.2, 0) is 11.2 Å². The lowest BCUT2D eigenvalue weighted by molar-refractivity contribution is -0.143. The van der Waals surface area contributed by atoms with Gasteiger partial charge in [0.1, 0.15) is 5.75 Å². The van der Waals surface area contributed by atoms with Crippen molar-refractivity contribution in [3.8, 4) is 5.75 Å². The average Bonchev–Trinajstić information content (AvgIpc) is 2.61. The molecule has 2 aliphatic rings. The number of likely N-dealkylation sites (tertiary alicyclic amines) is 1. The second kappa shape index (κ2) is 7.11. The summed E-state index contributed by atoms with van der Waals surface area (Å²) < 4.78 is 5.28. The Morgan fingerprint density at radius 3 is 2.67 bits per heavy atom. The number of hydrogen-bond acceptors (Lipinski definition) is 3. The Kier molecular flexibility index (Phi) is 4.92. The molecule has 1 heterocycles. The third kappa shape index (κ3) is 3.47. The lowest BCUT2D eigenvalue weighted by atomic mass is 9.87. The zero-order valence-electron chi connectivity index (χ0n) is 14.0. The number of nitrogens with one attached hydrogen (secondary N) is 1. The first-order valence-corrected chi connectivity index (χ1v) is 8.53. The first-order valence-electron chi connectivity index (χ1n) is 8.53. The fourth-order valence-corrected chi connectivity index (χ4v) is 3.64. The maximum atomic E-state index is 12.5. The zero-order chi connectivity index (χ0) is 17.1. The number of carboxylic acids is 1. The van der Waals surface area contributed by atoms with Crippen molar-refractivity contribution in [3.63, 3.8) is 0 Å². The minimum Gasteiger partial charge on any atom is -0.497 e. The van der Waals surface area contributed by atoms with Crippen LogP contribution in [0.5, 0.6) is 5.75 Å². The number of methoxy groups -OCH3 is 1. The molecule has 130 valence electrons. The number of amides is 2. The normalized spacial score (nSPS) is 21.0. The molecule has 2 N–H and O–H groups in total. The number of aliphatic carboxylic acids is 1. The van der Waals surface area contributed by atoms with Crippen LogP contribution in [0.3, 0.4) is 0 Å². The van der Waals surface area contributed by atoms with E-state index in [9.17, 15) is 9.59 Å². The van der Waals surface area contributed by atoms with Crippen molar-refractivity contribution in [2.75, 3.05) is 20.2 Å². The minimum absolute atomic E-state index is 0.0179. The summed E-state index contributed by atoms with van der Waals surface area (Å²) in [6.45, 7) is 1.01. The summed E-state index contributed by atoms with van der Waals surface area (Å²) in [7, 11) is 1.66. The van der Waals surface area contributed by atoms with Crippen molar-refractivity contribution in [1.82, 2.24) is 10.2 Å². The smallest absolute Gasteiger partial charge is 0.317 e. The third-order valence-corrected chi connectivity index (χ3v) is 5.09. The first kappa shape index (κ1) is 16.6. The Morgan fingerprint density at radius 2 is 2.00 bits per heavy atom. The summed E-state index contributed by atoms with van der Waals surface area (Å²) in [6.07, 6.45) is 4.02. The second-order valence-corrected chi connectivity index (χ2v) is 6.56. The van der Waals surface area contributed by atoms with E-state index < -0.39 is 5.97 Å². The van der Waals surface area contributed by atoms with Crippen molar-refractivity contribution >= 4 is 12.0 Å². The molecule has 1 aromatic rings. The van der Waals surface area contributed by atoms with Gasteiger partial charge in [-0.1, -0.05) is 6.07 Å². The average molecular weight is 332 g/mol. The molecule has 1 saturated heterocycles. The van der Waals surface area contributed by atoms with E-state index in [0.29, 0.717) is 25.9 Å². The molecular weight excluding hydrogens is 308 g/mol. The van der Waals surface area contributed by atoms with E-state index in [1.165, 1.54) is 5.56 Å². The summed E-state index contributed by atoms with van der Waals surface area (Å²) >= 11 is 0. The number of ether oxygens (including phenoxy) is 1. The van der Waals surface area contributed by atoms with Crippen LogP contribution in [0, 0.1) is 5.92 Å². The van der Waals surface area contributed by atoms with Gasteiger partial charge in [0.2, 0.25) is 0 Å². The molecule has 0 radical (unpaired) electrons. The van der Waals surface area contributed by atoms with Gasteiger partial charge in [0, 0.05) is 13.1 Å². The quantitative estimate of drug-likeness (QED) is 0.892. The molecule has 0 spiro atoms. The van der Waals surface area contributed by atoms with Crippen molar-refractivity contribution in [2.24, 2.45) is 5.92 Å². The van der Waals surface area contributed by atoms with E-state index in [1.807, 2.05) is 18.2 Å². The van der Waals surface area contributed by atoms with Crippen LogP contribution in [0.25, 0.3) is 0 Å². The molecule has 6 heteroatoms. The van der Waals surface area contributed by atoms with E-state index in [2.05, 4.69) is 5.32 Å². The topological polar surface area (TPSA) is 78.9 Å². The molecule has 0 aromatic heterocycles. The van der Waals surface area contributed by atoms with Gasteiger partial charge in [-0.3, -0.25) is 4.79 Å². The van der Waals surface area contributed by atoms with Gasteiger partial charge in [-0.05, 0) is 55.4 Å². The Bertz CT molecular complexity index is 623. The summed E-state index contributed by atoms with van der Waals surface area (Å²) in [5.41, 5.74) is 2.39. The van der Waals surface area contributed by atoms with Gasteiger partial charge in [0.25, 0.3) is 0 Å². The number of rotatable bonds is 3. The first-order chi connectivity index (χ1) is 11.6. The molecule has 0 bridgehead atoms. The predicted octanol–water partition coefficient (Wildman–Crippen LogP) is 2.58. The zero-order valence-corrected chi connectivity index (χ0v) is 14.0. The van der Waals surface area contributed by atoms with Gasteiger partial charge < -0.3 is 20.1 Å². The van der Waals surface area contributed by atoms with Crippen LogP contribution in [0.1, 0.15) is 42.9 Å². The fraction of sp³-hybridized carbons (Fsp3) is 0.556. The van der Waals surface area contributed by atoms with E-state index in [-0.39, 0.29) is 18.0 Å². The number of carboxylic acid groups (broad SMARTS) is 1. The molecule has 1 unspecified atom stereocenters. The van der Waals surface area contributed by atoms with Crippen LogP contribution >= 0.6 is 0 Å².